The van der Waals surface area contributed by atoms with E-state index in [1.807, 2.05) is 0 Å². The third kappa shape index (κ3) is 4.35. The Hall–Kier alpha value is -0.820. The van der Waals surface area contributed by atoms with Crippen molar-refractivity contribution >= 4 is 0 Å². The molecule has 0 bridgehead atoms. The van der Waals surface area contributed by atoms with E-state index >= 15 is 0 Å². The van der Waals surface area contributed by atoms with Crippen LogP contribution in [0.4, 0.5) is 0 Å². The van der Waals surface area contributed by atoms with Gasteiger partial charge in [-0.05, 0) is 74.6 Å². The summed E-state index contributed by atoms with van der Waals surface area (Å²) in [5.41, 5.74) is 4.76. The van der Waals surface area contributed by atoms with E-state index in [2.05, 4.69) is 37.4 Å². The highest BCUT2D eigenvalue weighted by Gasteiger charge is 2.11. The molecule has 0 spiro atoms. The molecule has 1 aromatic carbocycles. The second kappa shape index (κ2) is 7.69. The van der Waals surface area contributed by atoms with Gasteiger partial charge in [-0.2, -0.15) is 0 Å². The average Bonchev–Trinajstić information content (AvgIpc) is 2.90. The summed E-state index contributed by atoms with van der Waals surface area (Å²) in [7, 11) is 0. The fourth-order valence-corrected chi connectivity index (χ4v) is 3.13. The maximum absolute atomic E-state index is 3.65. The maximum Gasteiger partial charge on any atom is 0.00645 e. The zero-order chi connectivity index (χ0) is 13.5. The lowest BCUT2D eigenvalue weighted by Gasteiger charge is -2.16. The molecule has 0 aromatic heterocycles. The number of aryl methyl sites for hydroxylation is 3. The highest BCUT2D eigenvalue weighted by atomic mass is 14.9. The van der Waals surface area contributed by atoms with E-state index in [-0.39, 0.29) is 0 Å². The molecule has 1 aliphatic carbocycles. The van der Waals surface area contributed by atoms with E-state index in [4.69, 9.17) is 0 Å². The van der Waals surface area contributed by atoms with Gasteiger partial charge in [0.25, 0.3) is 0 Å². The fraction of sp³-hybridized carbons (Fsp3) is 0.667. The number of hydrogen-bond acceptors (Lipinski definition) is 1. The molecule has 1 N–H and O–H groups in total. The smallest absolute Gasteiger partial charge is 0.00645 e. The van der Waals surface area contributed by atoms with Crippen molar-refractivity contribution in [2.75, 3.05) is 6.54 Å². The normalized spacial score (nSPS) is 15.5. The summed E-state index contributed by atoms with van der Waals surface area (Å²) in [5, 5.41) is 3.65. The molecule has 0 saturated heterocycles. The molecule has 0 radical (unpaired) electrons. The van der Waals surface area contributed by atoms with E-state index < -0.39 is 0 Å². The van der Waals surface area contributed by atoms with Gasteiger partial charge in [0, 0.05) is 6.04 Å². The SMILES string of the molecule is CCCNC(CC)CCCc1ccc2c(c1)CCC2. The van der Waals surface area contributed by atoms with E-state index in [1.54, 1.807) is 16.7 Å². The van der Waals surface area contributed by atoms with Gasteiger partial charge >= 0.3 is 0 Å². The molecule has 0 heterocycles. The van der Waals surface area contributed by atoms with Crippen LogP contribution < -0.4 is 5.32 Å². The van der Waals surface area contributed by atoms with Crippen LogP contribution in [0.3, 0.4) is 0 Å². The summed E-state index contributed by atoms with van der Waals surface area (Å²) in [6.45, 7) is 5.70. The summed E-state index contributed by atoms with van der Waals surface area (Å²) >= 11 is 0. The van der Waals surface area contributed by atoms with Gasteiger partial charge in [0.05, 0.1) is 0 Å². The summed E-state index contributed by atoms with van der Waals surface area (Å²) < 4.78 is 0. The minimum atomic E-state index is 0.717. The topological polar surface area (TPSA) is 12.0 Å². The molecular formula is C18H29N. The Balaban J connectivity index is 1.75. The van der Waals surface area contributed by atoms with E-state index in [9.17, 15) is 0 Å². The van der Waals surface area contributed by atoms with Gasteiger partial charge < -0.3 is 5.32 Å². The van der Waals surface area contributed by atoms with Crippen LogP contribution in [0.2, 0.25) is 0 Å². The third-order valence-electron chi connectivity index (χ3n) is 4.36. The van der Waals surface area contributed by atoms with Crippen molar-refractivity contribution in [3.63, 3.8) is 0 Å². The highest BCUT2D eigenvalue weighted by Crippen LogP contribution is 2.23. The van der Waals surface area contributed by atoms with Crippen LogP contribution in [-0.2, 0) is 19.3 Å². The quantitative estimate of drug-likeness (QED) is 0.735. The molecule has 19 heavy (non-hydrogen) atoms. The van der Waals surface area contributed by atoms with Crippen molar-refractivity contribution in [3.05, 3.63) is 34.9 Å². The van der Waals surface area contributed by atoms with E-state index in [0.29, 0.717) is 0 Å². The minimum absolute atomic E-state index is 0.717. The molecule has 106 valence electrons. The fourth-order valence-electron chi connectivity index (χ4n) is 3.13. The van der Waals surface area contributed by atoms with Crippen molar-refractivity contribution < 1.29 is 0 Å². The van der Waals surface area contributed by atoms with Gasteiger partial charge in [0.1, 0.15) is 0 Å². The summed E-state index contributed by atoms with van der Waals surface area (Å²) in [4.78, 5) is 0. The van der Waals surface area contributed by atoms with E-state index in [1.165, 1.54) is 51.4 Å². The van der Waals surface area contributed by atoms with Crippen molar-refractivity contribution in [1.29, 1.82) is 0 Å². The van der Waals surface area contributed by atoms with Crippen molar-refractivity contribution in [2.24, 2.45) is 0 Å². The van der Waals surface area contributed by atoms with Crippen molar-refractivity contribution in [3.8, 4) is 0 Å². The predicted octanol–water partition coefficient (Wildman–Crippen LogP) is 4.28. The first-order valence-corrected chi connectivity index (χ1v) is 8.17. The highest BCUT2D eigenvalue weighted by molar-refractivity contribution is 5.35. The third-order valence-corrected chi connectivity index (χ3v) is 4.36. The molecule has 1 nitrogen and oxygen atoms in total. The number of rotatable bonds is 8. The second-order valence-corrected chi connectivity index (χ2v) is 5.91. The standard InChI is InChI=1S/C18H29N/c1-3-13-19-18(4-2)10-5-7-15-11-12-16-8-6-9-17(16)14-15/h11-12,14,18-19H,3-10,13H2,1-2H3. The molecule has 0 aliphatic heterocycles. The maximum atomic E-state index is 3.65. The van der Waals surface area contributed by atoms with Crippen LogP contribution in [-0.4, -0.2) is 12.6 Å². The largest absolute Gasteiger partial charge is 0.314 e. The van der Waals surface area contributed by atoms with Crippen LogP contribution in [0.15, 0.2) is 18.2 Å². The zero-order valence-corrected chi connectivity index (χ0v) is 12.7. The summed E-state index contributed by atoms with van der Waals surface area (Å²) in [6, 6.07) is 7.90. The Kier molecular flexibility index (Phi) is 5.91. The van der Waals surface area contributed by atoms with Gasteiger partial charge in [-0.3, -0.25) is 0 Å². The van der Waals surface area contributed by atoms with Gasteiger partial charge in [-0.15, -0.1) is 0 Å². The Labute approximate surface area is 118 Å². The lowest BCUT2D eigenvalue weighted by molar-refractivity contribution is 0.456. The molecule has 1 heteroatoms. The first-order valence-electron chi connectivity index (χ1n) is 8.17. The number of fused-ring (bicyclic) bond motifs is 1. The zero-order valence-electron chi connectivity index (χ0n) is 12.7. The van der Waals surface area contributed by atoms with Crippen LogP contribution in [0.25, 0.3) is 0 Å². The molecule has 1 aliphatic rings. The lowest BCUT2D eigenvalue weighted by Crippen LogP contribution is -2.29. The molecule has 1 aromatic rings. The lowest BCUT2D eigenvalue weighted by atomic mass is 10.00. The van der Waals surface area contributed by atoms with Gasteiger partial charge in [0.15, 0.2) is 0 Å². The average molecular weight is 259 g/mol. The van der Waals surface area contributed by atoms with Gasteiger partial charge in [0.2, 0.25) is 0 Å². The van der Waals surface area contributed by atoms with Crippen molar-refractivity contribution in [1.82, 2.24) is 5.32 Å². The predicted molar refractivity (Wildman–Crippen MR) is 83.8 cm³/mol. The molecule has 2 rings (SSSR count). The molecule has 0 saturated carbocycles. The van der Waals surface area contributed by atoms with Crippen molar-refractivity contribution in [2.45, 2.75) is 71.3 Å². The number of hydrogen-bond donors (Lipinski definition) is 1. The molecule has 0 fully saturated rings. The second-order valence-electron chi connectivity index (χ2n) is 5.91. The number of nitrogens with one attached hydrogen (secondary N) is 1. The summed E-state index contributed by atoms with van der Waals surface area (Å²) in [5.74, 6) is 0. The van der Waals surface area contributed by atoms with Crippen LogP contribution in [0.5, 0.6) is 0 Å². The minimum Gasteiger partial charge on any atom is -0.314 e. The first kappa shape index (κ1) is 14.6. The van der Waals surface area contributed by atoms with Gasteiger partial charge in [-0.25, -0.2) is 0 Å². The Morgan fingerprint density at radius 2 is 2.00 bits per heavy atom. The summed E-state index contributed by atoms with van der Waals surface area (Å²) in [6.07, 6.45) is 10.3. The molecule has 1 unspecified atom stereocenters. The Morgan fingerprint density at radius 1 is 1.16 bits per heavy atom. The van der Waals surface area contributed by atoms with Crippen LogP contribution in [0.1, 0.15) is 62.6 Å². The monoisotopic (exact) mass is 259 g/mol. The van der Waals surface area contributed by atoms with E-state index in [0.717, 1.165) is 12.6 Å². The van der Waals surface area contributed by atoms with Gasteiger partial charge in [-0.1, -0.05) is 32.0 Å². The first-order chi connectivity index (χ1) is 9.33. The van der Waals surface area contributed by atoms with Crippen LogP contribution in [0, 0.1) is 0 Å². The Morgan fingerprint density at radius 3 is 2.79 bits per heavy atom. The Bertz CT molecular complexity index is 383. The molecule has 0 amide bonds. The molecule has 1 atom stereocenters. The van der Waals surface area contributed by atoms with Crippen LogP contribution >= 0.6 is 0 Å². The molecular weight excluding hydrogens is 230 g/mol. The number of benzene rings is 1.